The molecule has 9 heavy (non-hydrogen) atoms. The van der Waals surface area contributed by atoms with Crippen molar-refractivity contribution in [2.24, 2.45) is 0 Å². The molecule has 0 aliphatic carbocycles. The minimum atomic E-state index is -0.234. The van der Waals surface area contributed by atoms with Gasteiger partial charge in [-0.1, -0.05) is 0 Å². The topological polar surface area (TPSA) is 55.8 Å². The molecule has 1 atom stereocenters. The molecule has 0 spiro atoms. The van der Waals surface area contributed by atoms with E-state index in [1.165, 1.54) is 0 Å². The first-order valence-electron chi connectivity index (χ1n) is 2.79. The lowest BCUT2D eigenvalue weighted by Crippen LogP contribution is -2.13. The second-order valence-electron chi connectivity index (χ2n) is 1.95. The molecule has 1 saturated heterocycles. The molecule has 1 heterocycles. The maximum absolute atomic E-state index is 10.4. The predicted molar refractivity (Wildman–Crippen MR) is 27.7 cm³/mol. The normalized spacial score (nSPS) is 26.3. The van der Waals surface area contributed by atoms with E-state index in [2.05, 4.69) is 9.62 Å². The summed E-state index contributed by atoms with van der Waals surface area (Å²) in [6.45, 7) is 0.0890. The second-order valence-corrected chi connectivity index (χ2v) is 1.95. The Morgan fingerprint density at radius 3 is 3.11 bits per heavy atom. The summed E-state index contributed by atoms with van der Waals surface area (Å²) in [5, 5.41) is 7.92. The Kier molecular flexibility index (Phi) is 2.02. The average molecular weight is 132 g/mol. The smallest absolute Gasteiger partial charge is 0.306 e. The van der Waals surface area contributed by atoms with Crippen LogP contribution in [0.3, 0.4) is 0 Å². The molecule has 1 aliphatic rings. The second kappa shape index (κ2) is 2.80. The van der Waals surface area contributed by atoms with E-state index in [1.54, 1.807) is 0 Å². The average Bonchev–Trinajstić information content (AvgIpc) is 2.17. The van der Waals surface area contributed by atoms with Crippen molar-refractivity contribution in [3.8, 4) is 0 Å². The largest absolute Gasteiger partial charge is 0.460 e. The van der Waals surface area contributed by atoms with Crippen LogP contribution in [0.25, 0.3) is 0 Å². The van der Waals surface area contributed by atoms with Gasteiger partial charge in [-0.25, -0.2) is 4.89 Å². The van der Waals surface area contributed by atoms with Gasteiger partial charge >= 0.3 is 5.97 Å². The fourth-order valence-electron chi connectivity index (χ4n) is 0.783. The Balaban J connectivity index is 2.22. The maximum Gasteiger partial charge on any atom is 0.306 e. The lowest BCUT2D eigenvalue weighted by atomic mass is 10.2. The number of cyclic esters (lactones) is 1. The van der Waals surface area contributed by atoms with Crippen molar-refractivity contribution in [1.29, 1.82) is 0 Å². The van der Waals surface area contributed by atoms with Crippen molar-refractivity contribution in [2.75, 3.05) is 6.61 Å². The van der Waals surface area contributed by atoms with Crippen LogP contribution in [0.1, 0.15) is 12.8 Å². The molecule has 0 radical (unpaired) electrons. The first-order chi connectivity index (χ1) is 4.33. The zero-order chi connectivity index (χ0) is 6.69. The molecule has 4 nitrogen and oxygen atoms in total. The van der Waals surface area contributed by atoms with Crippen LogP contribution < -0.4 is 0 Å². The highest BCUT2D eigenvalue weighted by Crippen LogP contribution is 2.12. The van der Waals surface area contributed by atoms with Gasteiger partial charge in [0, 0.05) is 6.42 Å². The van der Waals surface area contributed by atoms with Gasteiger partial charge in [0.2, 0.25) is 0 Å². The molecule has 0 aromatic heterocycles. The van der Waals surface area contributed by atoms with E-state index in [4.69, 9.17) is 5.26 Å². The van der Waals surface area contributed by atoms with Crippen molar-refractivity contribution in [3.05, 3.63) is 0 Å². The number of carbonyl (C=O) groups excluding carboxylic acids is 1. The molecular weight excluding hydrogens is 124 g/mol. The lowest BCUT2D eigenvalue weighted by molar-refractivity contribution is -0.256. The van der Waals surface area contributed by atoms with Crippen LogP contribution in [0.2, 0.25) is 0 Å². The molecule has 1 aliphatic heterocycles. The number of ether oxygens (including phenoxy) is 1. The zero-order valence-corrected chi connectivity index (χ0v) is 4.87. The van der Waals surface area contributed by atoms with Gasteiger partial charge in [0.15, 0.2) is 0 Å². The van der Waals surface area contributed by atoms with E-state index in [1.807, 2.05) is 0 Å². The monoisotopic (exact) mass is 132 g/mol. The minimum Gasteiger partial charge on any atom is -0.460 e. The Morgan fingerprint density at radius 1 is 1.89 bits per heavy atom. The summed E-state index contributed by atoms with van der Waals surface area (Å²) in [5.74, 6) is -0.211. The summed E-state index contributed by atoms with van der Waals surface area (Å²) < 4.78 is 4.68. The Labute approximate surface area is 52.3 Å². The van der Waals surface area contributed by atoms with Crippen molar-refractivity contribution < 1.29 is 19.7 Å². The molecule has 0 amide bonds. The third-order valence-electron chi connectivity index (χ3n) is 1.23. The van der Waals surface area contributed by atoms with Gasteiger partial charge < -0.3 is 4.74 Å². The van der Waals surface area contributed by atoms with Crippen LogP contribution in [0.4, 0.5) is 0 Å². The van der Waals surface area contributed by atoms with Crippen LogP contribution in [-0.4, -0.2) is 23.9 Å². The predicted octanol–water partition coefficient (Wildman–Crippen LogP) is 0.182. The highest BCUT2D eigenvalue weighted by atomic mass is 17.1. The van der Waals surface area contributed by atoms with E-state index in [-0.39, 0.29) is 18.7 Å². The summed E-state index contributed by atoms with van der Waals surface area (Å²) in [5.41, 5.74) is 0. The Morgan fingerprint density at radius 2 is 2.67 bits per heavy atom. The quantitative estimate of drug-likeness (QED) is 0.331. The van der Waals surface area contributed by atoms with Crippen LogP contribution in [0.15, 0.2) is 0 Å². The van der Waals surface area contributed by atoms with Crippen LogP contribution in [-0.2, 0) is 14.4 Å². The molecule has 4 heteroatoms. The van der Waals surface area contributed by atoms with Crippen molar-refractivity contribution >= 4 is 5.97 Å². The summed E-state index contributed by atoms with van der Waals surface area (Å²) in [7, 11) is 0. The van der Waals surface area contributed by atoms with Gasteiger partial charge in [0.25, 0.3) is 0 Å². The van der Waals surface area contributed by atoms with E-state index < -0.39 is 0 Å². The van der Waals surface area contributed by atoms with E-state index in [0.717, 1.165) is 0 Å². The van der Waals surface area contributed by atoms with Gasteiger partial charge in [0.05, 0.1) is 0 Å². The lowest BCUT2D eigenvalue weighted by Gasteiger charge is -2.03. The molecule has 1 N–H and O–H groups in total. The highest BCUT2D eigenvalue weighted by Gasteiger charge is 2.22. The minimum absolute atomic E-state index is 0.0890. The SMILES string of the molecule is O=C1CCC(COO)O1. The third kappa shape index (κ3) is 1.65. The molecular formula is C5H8O4. The van der Waals surface area contributed by atoms with Gasteiger partial charge in [-0.05, 0) is 6.42 Å². The van der Waals surface area contributed by atoms with E-state index >= 15 is 0 Å². The van der Waals surface area contributed by atoms with Crippen molar-refractivity contribution in [2.45, 2.75) is 18.9 Å². The summed E-state index contributed by atoms with van der Waals surface area (Å²) in [4.78, 5) is 14.2. The van der Waals surface area contributed by atoms with Crippen molar-refractivity contribution in [3.63, 3.8) is 0 Å². The van der Waals surface area contributed by atoms with Gasteiger partial charge in [-0.2, -0.15) is 0 Å². The maximum atomic E-state index is 10.4. The molecule has 1 rings (SSSR count). The summed E-state index contributed by atoms with van der Waals surface area (Å²) in [6.07, 6.45) is 0.857. The molecule has 0 aromatic rings. The fraction of sp³-hybridized carbons (Fsp3) is 0.800. The highest BCUT2D eigenvalue weighted by molar-refractivity contribution is 5.71. The van der Waals surface area contributed by atoms with Gasteiger partial charge in [-0.3, -0.25) is 10.1 Å². The van der Waals surface area contributed by atoms with Crippen LogP contribution in [0, 0.1) is 0 Å². The summed E-state index contributed by atoms with van der Waals surface area (Å²) >= 11 is 0. The molecule has 0 aromatic carbocycles. The number of carbonyl (C=O) groups is 1. The van der Waals surface area contributed by atoms with Crippen LogP contribution in [0.5, 0.6) is 0 Å². The van der Waals surface area contributed by atoms with Gasteiger partial charge in [-0.15, -0.1) is 0 Å². The Hall–Kier alpha value is -0.610. The number of rotatable bonds is 2. The molecule has 1 fully saturated rings. The number of hydrogen-bond donors (Lipinski definition) is 1. The zero-order valence-electron chi connectivity index (χ0n) is 4.87. The van der Waals surface area contributed by atoms with Crippen molar-refractivity contribution in [1.82, 2.24) is 0 Å². The van der Waals surface area contributed by atoms with E-state index in [0.29, 0.717) is 12.8 Å². The first kappa shape index (κ1) is 6.51. The third-order valence-corrected chi connectivity index (χ3v) is 1.23. The van der Waals surface area contributed by atoms with Crippen LogP contribution >= 0.6 is 0 Å². The van der Waals surface area contributed by atoms with Gasteiger partial charge in [0.1, 0.15) is 12.7 Å². The molecule has 1 unspecified atom stereocenters. The molecule has 0 bridgehead atoms. The Bertz CT molecular complexity index is 112. The first-order valence-corrected chi connectivity index (χ1v) is 2.79. The molecule has 52 valence electrons. The number of hydrogen-bond acceptors (Lipinski definition) is 4. The fourth-order valence-corrected chi connectivity index (χ4v) is 0.783. The summed E-state index contributed by atoms with van der Waals surface area (Å²) in [6, 6.07) is 0. The molecule has 0 saturated carbocycles. The number of esters is 1. The standard InChI is InChI=1S/C5H8O4/c6-5-2-1-4(9-5)3-8-7/h4,7H,1-3H2. The van der Waals surface area contributed by atoms with E-state index in [9.17, 15) is 4.79 Å².